The standard InChI is InChI=1S/C10H5I2N/c11-8-1-2-9-7(5-8)6-13-4-3-10(9)12/h1-3,5-6H. The normalized spacial score (nSPS) is 13.5. The number of hydrogen-bond acceptors (Lipinski definition) is 1. The van der Waals surface area contributed by atoms with Crippen LogP contribution in [0, 0.1) is 3.57 Å². The minimum Gasteiger partial charge on any atom is -0.213 e. The monoisotopic (exact) mass is 393 g/mol. The highest BCUT2D eigenvalue weighted by molar-refractivity contribution is 14.1. The van der Waals surface area contributed by atoms with Crippen molar-refractivity contribution >= 4 is 60.8 Å². The number of benzene rings is 1. The van der Waals surface area contributed by atoms with E-state index < -0.39 is 0 Å². The van der Waals surface area contributed by atoms with Crippen LogP contribution in [0.25, 0.3) is 9.78 Å². The molecule has 64 valence electrons. The van der Waals surface area contributed by atoms with Crippen LogP contribution >= 0.6 is 45.2 Å². The molecule has 0 saturated carbocycles. The number of aliphatic imine (C=N–C) groups is 1. The molecule has 2 rings (SSSR count). The summed E-state index contributed by atoms with van der Waals surface area (Å²) in [5.41, 5.74) is 0. The minimum atomic E-state index is 1.16. The molecule has 0 N–H and O–H groups in total. The molecular formula is C10H5I2N. The third-order valence-corrected chi connectivity index (χ3v) is 3.30. The lowest BCUT2D eigenvalue weighted by molar-refractivity contribution is 1.47. The lowest BCUT2D eigenvalue weighted by atomic mass is 10.2. The smallest absolute Gasteiger partial charge is 0.0447 e. The first-order valence-electron chi connectivity index (χ1n) is 3.71. The summed E-state index contributed by atoms with van der Waals surface area (Å²) in [7, 11) is 0. The van der Waals surface area contributed by atoms with Gasteiger partial charge in [-0.25, -0.2) is 4.99 Å². The molecule has 1 nitrogen and oxygen atoms in total. The first-order chi connectivity index (χ1) is 6.27. The second kappa shape index (κ2) is 3.94. The Balaban J connectivity index is 2.94. The van der Waals surface area contributed by atoms with Crippen molar-refractivity contribution in [1.29, 1.82) is 0 Å². The molecule has 0 atom stereocenters. The molecular weight excluding hydrogens is 388 g/mol. The summed E-state index contributed by atoms with van der Waals surface area (Å²) in [5, 5.41) is 2.40. The van der Waals surface area contributed by atoms with Gasteiger partial charge in [0.25, 0.3) is 0 Å². The molecule has 0 bridgehead atoms. The Kier molecular flexibility index (Phi) is 2.86. The first kappa shape index (κ1) is 9.43. The van der Waals surface area contributed by atoms with Crippen LogP contribution in [-0.4, -0.2) is 5.87 Å². The number of allylic oxidation sites excluding steroid dienone is 1. The van der Waals surface area contributed by atoms with E-state index in [1.807, 2.05) is 12.3 Å². The third-order valence-electron chi connectivity index (χ3n) is 1.74. The van der Waals surface area contributed by atoms with Gasteiger partial charge in [0.1, 0.15) is 0 Å². The van der Waals surface area contributed by atoms with Crippen LogP contribution in [0.3, 0.4) is 0 Å². The van der Waals surface area contributed by atoms with Crippen molar-refractivity contribution in [3.8, 4) is 0 Å². The summed E-state index contributed by atoms with van der Waals surface area (Å²) in [5.74, 6) is 2.86. The van der Waals surface area contributed by atoms with Gasteiger partial charge in [-0.1, -0.05) is 6.07 Å². The SMILES string of the molecule is IC1=c2ccc(I)cc2=CN=C=C1. The predicted octanol–water partition coefficient (Wildman–Crippen LogP) is 1.81. The van der Waals surface area contributed by atoms with Gasteiger partial charge in [-0.3, -0.25) is 0 Å². The lowest BCUT2D eigenvalue weighted by Crippen LogP contribution is -2.24. The van der Waals surface area contributed by atoms with Crippen molar-refractivity contribution in [2.24, 2.45) is 4.99 Å². The Morgan fingerprint density at radius 1 is 1.23 bits per heavy atom. The summed E-state index contributed by atoms with van der Waals surface area (Å²) >= 11 is 4.60. The van der Waals surface area contributed by atoms with Gasteiger partial charge in [0.05, 0.1) is 0 Å². The summed E-state index contributed by atoms with van der Waals surface area (Å²) in [6.07, 6.45) is 3.75. The summed E-state index contributed by atoms with van der Waals surface area (Å²) < 4.78 is 2.41. The van der Waals surface area contributed by atoms with E-state index in [0.29, 0.717) is 0 Å². The van der Waals surface area contributed by atoms with Crippen molar-refractivity contribution in [2.75, 3.05) is 0 Å². The van der Waals surface area contributed by atoms with Crippen LogP contribution in [0.4, 0.5) is 0 Å². The summed E-state index contributed by atoms with van der Waals surface area (Å²) in [6.45, 7) is 0. The summed E-state index contributed by atoms with van der Waals surface area (Å²) in [6, 6.07) is 6.35. The predicted molar refractivity (Wildman–Crippen MR) is 72.3 cm³/mol. The highest BCUT2D eigenvalue weighted by atomic mass is 127. The zero-order valence-electron chi connectivity index (χ0n) is 6.59. The highest BCUT2D eigenvalue weighted by Crippen LogP contribution is 2.05. The fourth-order valence-corrected chi connectivity index (χ4v) is 2.28. The van der Waals surface area contributed by atoms with Gasteiger partial charge in [-0.2, -0.15) is 0 Å². The van der Waals surface area contributed by atoms with E-state index in [1.54, 1.807) is 0 Å². The van der Waals surface area contributed by atoms with E-state index in [-0.39, 0.29) is 0 Å². The Bertz CT molecular complexity index is 522. The van der Waals surface area contributed by atoms with Crippen LogP contribution in [0.5, 0.6) is 0 Å². The molecule has 0 amide bonds. The van der Waals surface area contributed by atoms with Crippen LogP contribution in [0.15, 0.2) is 29.3 Å². The van der Waals surface area contributed by atoms with Gasteiger partial charge in [-0.15, -0.1) is 0 Å². The van der Waals surface area contributed by atoms with E-state index in [2.05, 4.69) is 74.2 Å². The molecule has 0 unspecified atom stereocenters. The quantitative estimate of drug-likeness (QED) is 0.597. The maximum absolute atomic E-state index is 4.04. The van der Waals surface area contributed by atoms with Crippen molar-refractivity contribution in [3.05, 3.63) is 38.3 Å². The van der Waals surface area contributed by atoms with E-state index >= 15 is 0 Å². The fraction of sp³-hybridized carbons (Fsp3) is 0. The van der Waals surface area contributed by atoms with E-state index in [0.717, 1.165) is 5.22 Å². The van der Waals surface area contributed by atoms with E-state index in [1.165, 1.54) is 12.4 Å². The topological polar surface area (TPSA) is 12.4 Å². The molecule has 1 aliphatic heterocycles. The molecule has 0 saturated heterocycles. The van der Waals surface area contributed by atoms with Gasteiger partial charge in [0, 0.05) is 24.6 Å². The molecule has 0 aliphatic carbocycles. The number of halogens is 2. The Morgan fingerprint density at radius 2 is 2.08 bits per heavy atom. The zero-order chi connectivity index (χ0) is 9.26. The molecule has 1 aromatic carbocycles. The number of nitrogens with zero attached hydrogens (tertiary/aromatic N) is 1. The Labute approximate surface area is 103 Å². The average Bonchev–Trinajstić information content (AvgIpc) is 2.28. The largest absolute Gasteiger partial charge is 0.213 e. The number of fused-ring (bicyclic) bond motifs is 1. The molecule has 0 fully saturated rings. The van der Waals surface area contributed by atoms with Gasteiger partial charge in [0.2, 0.25) is 0 Å². The molecule has 3 heteroatoms. The molecule has 0 spiro atoms. The van der Waals surface area contributed by atoms with Crippen LogP contribution in [0.1, 0.15) is 0 Å². The second-order valence-corrected chi connectivity index (χ2v) is 5.02. The van der Waals surface area contributed by atoms with E-state index in [9.17, 15) is 0 Å². The lowest BCUT2D eigenvalue weighted by Gasteiger charge is -1.92. The minimum absolute atomic E-state index is 1.16. The van der Waals surface area contributed by atoms with Crippen molar-refractivity contribution < 1.29 is 0 Å². The molecule has 0 aromatic heterocycles. The van der Waals surface area contributed by atoms with Gasteiger partial charge >= 0.3 is 0 Å². The van der Waals surface area contributed by atoms with Crippen molar-refractivity contribution in [1.82, 2.24) is 0 Å². The molecule has 1 heterocycles. The maximum atomic E-state index is 4.04. The van der Waals surface area contributed by atoms with Gasteiger partial charge in [0.15, 0.2) is 0 Å². The molecule has 1 aromatic rings. The van der Waals surface area contributed by atoms with Crippen LogP contribution in [0.2, 0.25) is 0 Å². The number of rotatable bonds is 0. The fourth-order valence-electron chi connectivity index (χ4n) is 1.14. The third kappa shape index (κ3) is 2.03. The Hall–Kier alpha value is -0.130. The molecule has 0 radical (unpaired) electrons. The molecule has 13 heavy (non-hydrogen) atoms. The molecule has 1 aliphatic rings. The van der Waals surface area contributed by atoms with Gasteiger partial charge in [-0.05, 0) is 68.4 Å². The zero-order valence-corrected chi connectivity index (χ0v) is 10.9. The van der Waals surface area contributed by atoms with Gasteiger partial charge < -0.3 is 0 Å². The maximum Gasteiger partial charge on any atom is 0.0447 e. The van der Waals surface area contributed by atoms with Crippen LogP contribution in [-0.2, 0) is 0 Å². The van der Waals surface area contributed by atoms with Crippen molar-refractivity contribution in [3.63, 3.8) is 0 Å². The average molecular weight is 393 g/mol. The van der Waals surface area contributed by atoms with E-state index in [4.69, 9.17) is 0 Å². The second-order valence-electron chi connectivity index (χ2n) is 2.61. The van der Waals surface area contributed by atoms with Crippen LogP contribution < -0.4 is 10.4 Å². The summed E-state index contributed by atoms with van der Waals surface area (Å²) in [4.78, 5) is 4.04. The Morgan fingerprint density at radius 3 is 2.92 bits per heavy atom. The first-order valence-corrected chi connectivity index (χ1v) is 5.87. The number of hydrogen-bond donors (Lipinski definition) is 0. The highest BCUT2D eigenvalue weighted by Gasteiger charge is 1.94. The van der Waals surface area contributed by atoms with Crippen molar-refractivity contribution in [2.45, 2.75) is 0 Å².